The van der Waals surface area contributed by atoms with Gasteiger partial charge in [-0.25, -0.2) is 8.42 Å². The zero-order valence-corrected chi connectivity index (χ0v) is 12.6. The van der Waals surface area contributed by atoms with Gasteiger partial charge in [0.05, 0.1) is 10.6 Å². The van der Waals surface area contributed by atoms with Crippen molar-refractivity contribution in [2.45, 2.75) is 18.4 Å². The van der Waals surface area contributed by atoms with Crippen LogP contribution < -0.4 is 0 Å². The third-order valence-corrected chi connectivity index (χ3v) is 4.89. The van der Waals surface area contributed by atoms with Crippen molar-refractivity contribution in [3.8, 4) is 0 Å². The molecule has 0 atom stereocenters. The number of nitrogens with zero attached hydrogens (tertiary/aromatic N) is 3. The Morgan fingerprint density at radius 1 is 1.33 bits per heavy atom. The lowest BCUT2D eigenvalue weighted by Gasteiger charge is -2.05. The summed E-state index contributed by atoms with van der Waals surface area (Å²) < 4.78 is 25.8. The van der Waals surface area contributed by atoms with Crippen molar-refractivity contribution in [3.05, 3.63) is 51.4 Å². The lowest BCUT2D eigenvalue weighted by Crippen LogP contribution is -2.13. The number of aromatic nitrogens is 2. The van der Waals surface area contributed by atoms with Crippen LogP contribution in [0, 0.1) is 17.0 Å². The van der Waals surface area contributed by atoms with Crippen LogP contribution in [0.4, 0.5) is 5.82 Å². The number of aryl methyl sites for hydroxylation is 2. The highest BCUT2D eigenvalue weighted by Gasteiger charge is 2.19. The van der Waals surface area contributed by atoms with Gasteiger partial charge in [0.2, 0.25) is 5.82 Å². The van der Waals surface area contributed by atoms with Gasteiger partial charge in [-0.1, -0.05) is 11.6 Å². The van der Waals surface area contributed by atoms with Crippen LogP contribution in [0.2, 0.25) is 5.02 Å². The van der Waals surface area contributed by atoms with Crippen molar-refractivity contribution in [1.82, 2.24) is 9.55 Å². The Morgan fingerprint density at radius 2 is 1.95 bits per heavy atom. The maximum atomic E-state index is 12.2. The normalized spacial score (nSPS) is 11.5. The summed E-state index contributed by atoms with van der Waals surface area (Å²) in [5, 5.41) is 11.1. The Hall–Kier alpha value is -1.93. The van der Waals surface area contributed by atoms with Crippen LogP contribution in [0.25, 0.3) is 0 Å². The first kappa shape index (κ1) is 15.5. The number of benzene rings is 1. The standard InChI is InChI=1S/C12H12ClN3O4S/c1-9-14-12(16(17)18)8-15(9)6-7-21(19,20)11-4-2-10(13)3-5-11/h2-5,8H,6-7H2,1H3. The van der Waals surface area contributed by atoms with E-state index in [-0.39, 0.29) is 23.0 Å². The molecule has 0 amide bonds. The van der Waals surface area contributed by atoms with Crippen LogP contribution in [-0.2, 0) is 16.4 Å². The highest BCUT2D eigenvalue weighted by Crippen LogP contribution is 2.17. The molecule has 2 aromatic rings. The van der Waals surface area contributed by atoms with E-state index in [0.29, 0.717) is 10.8 Å². The highest BCUT2D eigenvalue weighted by molar-refractivity contribution is 7.91. The number of halogens is 1. The molecular formula is C12H12ClN3O4S. The molecule has 0 aliphatic carbocycles. The predicted octanol–water partition coefficient (Wildman–Crippen LogP) is 2.23. The van der Waals surface area contributed by atoms with E-state index in [2.05, 4.69) is 4.98 Å². The average Bonchev–Trinajstić information content (AvgIpc) is 2.79. The Bertz CT molecular complexity index is 768. The molecule has 0 spiro atoms. The largest absolute Gasteiger partial charge is 0.381 e. The molecule has 1 aromatic carbocycles. The predicted molar refractivity (Wildman–Crippen MR) is 77.1 cm³/mol. The molecule has 0 saturated carbocycles. The van der Waals surface area contributed by atoms with Gasteiger partial charge in [-0.05, 0) is 34.2 Å². The molecule has 0 fully saturated rings. The molecular weight excluding hydrogens is 318 g/mol. The molecule has 112 valence electrons. The molecule has 0 aliphatic rings. The Balaban J connectivity index is 2.15. The minimum Gasteiger partial charge on any atom is -0.358 e. The second-order valence-corrected chi connectivity index (χ2v) is 6.92. The number of imidazole rings is 1. The van der Waals surface area contributed by atoms with E-state index in [9.17, 15) is 18.5 Å². The average molecular weight is 330 g/mol. The molecule has 2 rings (SSSR count). The first-order valence-corrected chi connectivity index (χ1v) is 7.99. The molecule has 0 unspecified atom stereocenters. The molecule has 0 bridgehead atoms. The molecule has 7 nitrogen and oxygen atoms in total. The second-order valence-electron chi connectivity index (χ2n) is 4.37. The number of rotatable bonds is 5. The summed E-state index contributed by atoms with van der Waals surface area (Å²) in [6.45, 7) is 1.68. The number of hydrogen-bond donors (Lipinski definition) is 0. The Morgan fingerprint density at radius 3 is 2.48 bits per heavy atom. The minimum atomic E-state index is -3.48. The van der Waals surface area contributed by atoms with Gasteiger partial charge in [0.25, 0.3) is 0 Å². The lowest BCUT2D eigenvalue weighted by atomic mass is 10.4. The van der Waals surface area contributed by atoms with E-state index in [4.69, 9.17) is 11.6 Å². The third kappa shape index (κ3) is 3.59. The van der Waals surface area contributed by atoms with Gasteiger partial charge in [0.15, 0.2) is 9.84 Å². The maximum Gasteiger partial charge on any atom is 0.381 e. The van der Waals surface area contributed by atoms with Gasteiger partial charge in [0.1, 0.15) is 6.20 Å². The SMILES string of the molecule is Cc1nc([N+](=O)[O-])cn1CCS(=O)(=O)c1ccc(Cl)cc1. The van der Waals surface area contributed by atoms with E-state index in [0.717, 1.165) is 0 Å². The van der Waals surface area contributed by atoms with E-state index in [1.165, 1.54) is 35.0 Å². The quantitative estimate of drug-likeness (QED) is 0.619. The second kappa shape index (κ2) is 5.82. The third-order valence-electron chi connectivity index (χ3n) is 2.92. The van der Waals surface area contributed by atoms with Crippen LogP contribution in [0.1, 0.15) is 5.82 Å². The summed E-state index contributed by atoms with van der Waals surface area (Å²) in [5.74, 6) is -0.0763. The van der Waals surface area contributed by atoms with Crippen LogP contribution >= 0.6 is 11.6 Å². The summed E-state index contributed by atoms with van der Waals surface area (Å²) in [6.07, 6.45) is 1.23. The fourth-order valence-corrected chi connectivity index (χ4v) is 3.13. The van der Waals surface area contributed by atoms with Crippen molar-refractivity contribution >= 4 is 27.3 Å². The van der Waals surface area contributed by atoms with Crippen molar-refractivity contribution in [2.24, 2.45) is 0 Å². The first-order valence-electron chi connectivity index (χ1n) is 5.96. The van der Waals surface area contributed by atoms with Crippen LogP contribution in [0.5, 0.6) is 0 Å². The molecule has 9 heteroatoms. The molecule has 1 aromatic heterocycles. The highest BCUT2D eigenvalue weighted by atomic mass is 35.5. The Labute approximate surface area is 126 Å². The summed E-state index contributed by atoms with van der Waals surface area (Å²) in [4.78, 5) is 13.9. The number of sulfone groups is 1. The fraction of sp³-hybridized carbons (Fsp3) is 0.250. The maximum absolute atomic E-state index is 12.2. The molecule has 0 radical (unpaired) electrons. The van der Waals surface area contributed by atoms with E-state index >= 15 is 0 Å². The van der Waals surface area contributed by atoms with Crippen molar-refractivity contribution in [1.29, 1.82) is 0 Å². The molecule has 21 heavy (non-hydrogen) atoms. The van der Waals surface area contributed by atoms with E-state index < -0.39 is 14.8 Å². The van der Waals surface area contributed by atoms with Crippen molar-refractivity contribution in [2.75, 3.05) is 5.75 Å². The molecule has 0 N–H and O–H groups in total. The van der Waals surface area contributed by atoms with Gasteiger partial charge in [-0.2, -0.15) is 0 Å². The van der Waals surface area contributed by atoms with Crippen LogP contribution in [-0.4, -0.2) is 28.6 Å². The molecule has 0 aliphatic heterocycles. The Kier molecular flexibility index (Phi) is 4.29. The molecule has 1 heterocycles. The van der Waals surface area contributed by atoms with Gasteiger partial charge in [-0.15, -0.1) is 0 Å². The summed E-state index contributed by atoms with van der Waals surface area (Å²) in [5.41, 5.74) is 0. The summed E-state index contributed by atoms with van der Waals surface area (Å²) >= 11 is 5.72. The molecule has 0 saturated heterocycles. The van der Waals surface area contributed by atoms with Crippen molar-refractivity contribution in [3.63, 3.8) is 0 Å². The van der Waals surface area contributed by atoms with Gasteiger partial charge < -0.3 is 14.7 Å². The van der Waals surface area contributed by atoms with E-state index in [1.807, 2.05) is 0 Å². The van der Waals surface area contributed by atoms with Gasteiger partial charge in [0, 0.05) is 18.5 Å². The minimum absolute atomic E-state index is 0.0949. The van der Waals surface area contributed by atoms with Crippen LogP contribution in [0.3, 0.4) is 0 Å². The van der Waals surface area contributed by atoms with Crippen LogP contribution in [0.15, 0.2) is 35.4 Å². The number of hydrogen-bond acceptors (Lipinski definition) is 5. The van der Waals surface area contributed by atoms with Gasteiger partial charge in [-0.3, -0.25) is 0 Å². The van der Waals surface area contributed by atoms with E-state index in [1.54, 1.807) is 6.92 Å². The smallest absolute Gasteiger partial charge is 0.358 e. The lowest BCUT2D eigenvalue weighted by molar-refractivity contribution is -0.389. The van der Waals surface area contributed by atoms with Gasteiger partial charge >= 0.3 is 5.82 Å². The zero-order chi connectivity index (χ0) is 15.6. The number of nitro groups is 1. The van der Waals surface area contributed by atoms with Crippen molar-refractivity contribution < 1.29 is 13.3 Å². The monoisotopic (exact) mass is 329 g/mol. The zero-order valence-electron chi connectivity index (χ0n) is 11.1. The summed E-state index contributed by atoms with van der Waals surface area (Å²) in [7, 11) is -3.48. The topological polar surface area (TPSA) is 95.1 Å². The summed E-state index contributed by atoms with van der Waals surface area (Å²) in [6, 6.07) is 5.87. The fourth-order valence-electron chi connectivity index (χ4n) is 1.78. The first-order chi connectivity index (χ1) is 9.79.